The minimum atomic E-state index is -3.19. The van der Waals surface area contributed by atoms with Gasteiger partial charge in [-0.05, 0) is 17.7 Å². The van der Waals surface area contributed by atoms with Crippen molar-refractivity contribution < 1.29 is 18.6 Å². The minimum Gasteiger partial charge on any atom is -0.396 e. The summed E-state index contributed by atoms with van der Waals surface area (Å²) in [5, 5.41) is 18.1. The Morgan fingerprint density at radius 3 is 2.20 bits per heavy atom. The summed E-state index contributed by atoms with van der Waals surface area (Å²) in [6.07, 6.45) is 0.633. The fourth-order valence-corrected chi connectivity index (χ4v) is 1.86. The van der Waals surface area contributed by atoms with Crippen LogP contribution in [0.1, 0.15) is 18.1 Å². The van der Waals surface area contributed by atoms with Crippen molar-refractivity contribution in [3.63, 3.8) is 0 Å². The van der Waals surface area contributed by atoms with E-state index in [1.807, 2.05) is 0 Å². The lowest BCUT2D eigenvalue weighted by Gasteiger charge is -2.09. The van der Waals surface area contributed by atoms with Gasteiger partial charge < -0.3 is 10.2 Å². The lowest BCUT2D eigenvalue weighted by atomic mass is 10.1. The highest BCUT2D eigenvalue weighted by Gasteiger charge is 2.09. The van der Waals surface area contributed by atoms with Crippen LogP contribution in [-0.2, 0) is 9.84 Å². The summed E-state index contributed by atoms with van der Waals surface area (Å²) in [5.74, 6) is 0. The molecule has 0 spiro atoms. The first-order valence-corrected chi connectivity index (χ1v) is 6.43. The Hall–Kier alpha value is -0.910. The zero-order chi connectivity index (χ0) is 11.5. The molecule has 0 radical (unpaired) electrons. The molecule has 15 heavy (non-hydrogen) atoms. The molecule has 1 aromatic carbocycles. The molecule has 2 N–H and O–H groups in total. The van der Waals surface area contributed by atoms with Crippen molar-refractivity contribution in [1.82, 2.24) is 0 Å². The second kappa shape index (κ2) is 4.74. The van der Waals surface area contributed by atoms with E-state index in [9.17, 15) is 13.5 Å². The Balaban J connectivity index is 2.90. The van der Waals surface area contributed by atoms with Gasteiger partial charge in [0, 0.05) is 19.3 Å². The highest BCUT2D eigenvalue weighted by molar-refractivity contribution is 7.90. The second-order valence-electron chi connectivity index (χ2n) is 3.37. The van der Waals surface area contributed by atoms with Crippen molar-refractivity contribution >= 4 is 9.84 Å². The monoisotopic (exact) mass is 230 g/mol. The summed E-state index contributed by atoms with van der Waals surface area (Å²) in [6.45, 7) is -0.102. The van der Waals surface area contributed by atoms with Crippen LogP contribution in [0.4, 0.5) is 0 Å². The molecule has 1 atom stereocenters. The third kappa shape index (κ3) is 3.30. The lowest BCUT2D eigenvalue weighted by molar-refractivity contribution is 0.134. The molecule has 0 aliphatic carbocycles. The quantitative estimate of drug-likeness (QED) is 0.790. The van der Waals surface area contributed by atoms with Crippen molar-refractivity contribution in [2.75, 3.05) is 12.9 Å². The summed E-state index contributed by atoms with van der Waals surface area (Å²) in [4.78, 5) is 0.224. The van der Waals surface area contributed by atoms with Crippen LogP contribution in [0.5, 0.6) is 0 Å². The number of aliphatic hydroxyl groups excluding tert-OH is 2. The molecule has 0 saturated carbocycles. The summed E-state index contributed by atoms with van der Waals surface area (Å²) in [7, 11) is -3.19. The SMILES string of the molecule is CS(=O)(=O)c1ccc(C(O)CCO)cc1. The van der Waals surface area contributed by atoms with Crippen LogP contribution >= 0.6 is 0 Å². The number of aliphatic hydroxyl groups is 2. The topological polar surface area (TPSA) is 74.6 Å². The van der Waals surface area contributed by atoms with Crippen molar-refractivity contribution in [2.24, 2.45) is 0 Å². The highest BCUT2D eigenvalue weighted by atomic mass is 32.2. The smallest absolute Gasteiger partial charge is 0.175 e. The molecule has 0 amide bonds. The number of rotatable bonds is 4. The van der Waals surface area contributed by atoms with Crippen LogP contribution < -0.4 is 0 Å². The fraction of sp³-hybridized carbons (Fsp3) is 0.400. The maximum absolute atomic E-state index is 11.1. The molecule has 5 heteroatoms. The predicted molar refractivity (Wildman–Crippen MR) is 56.2 cm³/mol. The van der Waals surface area contributed by atoms with E-state index in [1.165, 1.54) is 12.1 Å². The molecule has 0 aliphatic rings. The van der Waals surface area contributed by atoms with Crippen molar-refractivity contribution in [3.05, 3.63) is 29.8 Å². The van der Waals surface area contributed by atoms with Gasteiger partial charge in [0.25, 0.3) is 0 Å². The van der Waals surface area contributed by atoms with E-state index in [-0.39, 0.29) is 17.9 Å². The lowest BCUT2D eigenvalue weighted by Crippen LogP contribution is -2.01. The average Bonchev–Trinajstić information content (AvgIpc) is 2.17. The molecule has 1 aromatic rings. The Kier molecular flexibility index (Phi) is 3.84. The number of benzene rings is 1. The molecule has 0 aromatic heterocycles. The molecule has 84 valence electrons. The zero-order valence-electron chi connectivity index (χ0n) is 8.42. The molecule has 0 heterocycles. The minimum absolute atomic E-state index is 0.102. The van der Waals surface area contributed by atoms with Crippen LogP contribution in [0.15, 0.2) is 29.2 Å². The summed E-state index contributed by atoms with van der Waals surface area (Å²) in [5.41, 5.74) is 0.608. The number of sulfone groups is 1. The van der Waals surface area contributed by atoms with Crippen LogP contribution in [0.2, 0.25) is 0 Å². The van der Waals surface area contributed by atoms with Gasteiger partial charge >= 0.3 is 0 Å². The Labute approximate surface area is 89.1 Å². The van der Waals surface area contributed by atoms with Crippen LogP contribution in [0, 0.1) is 0 Å². The van der Waals surface area contributed by atoms with Crippen molar-refractivity contribution in [1.29, 1.82) is 0 Å². The van der Waals surface area contributed by atoms with E-state index in [0.29, 0.717) is 5.56 Å². The summed E-state index contributed by atoms with van der Waals surface area (Å²) in [6, 6.07) is 6.00. The van der Waals surface area contributed by atoms with Gasteiger partial charge in [-0.3, -0.25) is 0 Å². The maximum Gasteiger partial charge on any atom is 0.175 e. The standard InChI is InChI=1S/C10H14O4S/c1-15(13,14)9-4-2-8(3-5-9)10(12)6-7-11/h2-5,10-12H,6-7H2,1H3. The van der Waals surface area contributed by atoms with Gasteiger partial charge in [0.15, 0.2) is 9.84 Å². The first-order valence-electron chi connectivity index (χ1n) is 4.54. The average molecular weight is 230 g/mol. The van der Waals surface area contributed by atoms with Gasteiger partial charge in [0.05, 0.1) is 11.0 Å². The highest BCUT2D eigenvalue weighted by Crippen LogP contribution is 2.18. The molecule has 4 nitrogen and oxygen atoms in total. The van der Waals surface area contributed by atoms with E-state index in [4.69, 9.17) is 5.11 Å². The van der Waals surface area contributed by atoms with Crippen molar-refractivity contribution in [2.45, 2.75) is 17.4 Å². The van der Waals surface area contributed by atoms with Crippen LogP contribution in [0.3, 0.4) is 0 Å². The van der Waals surface area contributed by atoms with Gasteiger partial charge in [0.2, 0.25) is 0 Å². The molecule has 0 bridgehead atoms. The molecular formula is C10H14O4S. The number of hydrogen-bond donors (Lipinski definition) is 2. The van der Waals surface area contributed by atoms with Crippen LogP contribution in [-0.4, -0.2) is 31.5 Å². The Morgan fingerprint density at radius 1 is 1.27 bits per heavy atom. The van der Waals surface area contributed by atoms with E-state index in [1.54, 1.807) is 12.1 Å². The molecule has 0 saturated heterocycles. The third-order valence-electron chi connectivity index (χ3n) is 2.10. The van der Waals surface area contributed by atoms with E-state index in [0.717, 1.165) is 6.26 Å². The first-order chi connectivity index (χ1) is 6.95. The largest absolute Gasteiger partial charge is 0.396 e. The molecule has 1 unspecified atom stereocenters. The van der Waals surface area contributed by atoms with Gasteiger partial charge in [-0.2, -0.15) is 0 Å². The molecular weight excluding hydrogens is 216 g/mol. The van der Waals surface area contributed by atoms with E-state index < -0.39 is 15.9 Å². The third-order valence-corrected chi connectivity index (χ3v) is 3.22. The Bertz CT molecular complexity index is 408. The van der Waals surface area contributed by atoms with E-state index >= 15 is 0 Å². The Morgan fingerprint density at radius 2 is 1.80 bits per heavy atom. The number of hydrogen-bond acceptors (Lipinski definition) is 4. The summed E-state index contributed by atoms with van der Waals surface area (Å²) < 4.78 is 22.3. The van der Waals surface area contributed by atoms with Gasteiger partial charge in [-0.25, -0.2) is 8.42 Å². The predicted octanol–water partition coefficient (Wildman–Crippen LogP) is 0.506. The fourth-order valence-electron chi connectivity index (χ4n) is 1.23. The first kappa shape index (κ1) is 12.2. The van der Waals surface area contributed by atoms with Gasteiger partial charge in [-0.15, -0.1) is 0 Å². The van der Waals surface area contributed by atoms with Crippen LogP contribution in [0.25, 0.3) is 0 Å². The molecule has 0 aliphatic heterocycles. The molecule has 1 rings (SSSR count). The second-order valence-corrected chi connectivity index (χ2v) is 5.39. The zero-order valence-corrected chi connectivity index (χ0v) is 9.24. The maximum atomic E-state index is 11.1. The molecule has 0 fully saturated rings. The summed E-state index contributed by atoms with van der Waals surface area (Å²) >= 11 is 0. The van der Waals surface area contributed by atoms with E-state index in [2.05, 4.69) is 0 Å². The van der Waals surface area contributed by atoms with Gasteiger partial charge in [-0.1, -0.05) is 12.1 Å². The van der Waals surface area contributed by atoms with Crippen molar-refractivity contribution in [3.8, 4) is 0 Å². The normalized spacial score (nSPS) is 13.8. The van der Waals surface area contributed by atoms with Gasteiger partial charge in [0.1, 0.15) is 0 Å².